The Morgan fingerprint density at radius 2 is 2.10 bits per heavy atom. The van der Waals surface area contributed by atoms with E-state index in [4.69, 9.17) is 5.73 Å². The Morgan fingerprint density at radius 3 is 2.81 bits per heavy atom. The van der Waals surface area contributed by atoms with Crippen molar-refractivity contribution < 1.29 is 9.90 Å². The van der Waals surface area contributed by atoms with Crippen LogP contribution in [0.25, 0.3) is 0 Å². The third kappa shape index (κ3) is 4.19. The fraction of sp³-hybridized carbons (Fsp3) is 0.562. The van der Waals surface area contributed by atoms with E-state index in [1.807, 2.05) is 11.8 Å². The Kier molecular flexibility index (Phi) is 5.59. The van der Waals surface area contributed by atoms with Crippen molar-refractivity contribution in [1.82, 2.24) is 9.80 Å². The van der Waals surface area contributed by atoms with Crippen LogP contribution in [0.1, 0.15) is 28.8 Å². The van der Waals surface area contributed by atoms with Crippen LogP contribution in [0.5, 0.6) is 5.75 Å². The van der Waals surface area contributed by atoms with E-state index in [0.29, 0.717) is 12.1 Å². The Labute approximate surface area is 126 Å². The van der Waals surface area contributed by atoms with Crippen LogP contribution >= 0.6 is 0 Å². The van der Waals surface area contributed by atoms with Crippen molar-refractivity contribution in [3.8, 4) is 5.75 Å². The quantitative estimate of drug-likeness (QED) is 0.874. The molecule has 21 heavy (non-hydrogen) atoms. The number of hydrogen-bond acceptors (Lipinski definition) is 4. The molecule has 5 nitrogen and oxygen atoms in total. The zero-order valence-electron chi connectivity index (χ0n) is 12.7. The van der Waals surface area contributed by atoms with Crippen LogP contribution in [-0.2, 0) is 0 Å². The lowest BCUT2D eigenvalue weighted by atomic mass is 10.1. The maximum atomic E-state index is 12.5. The molecule has 1 amide bonds. The lowest BCUT2D eigenvalue weighted by Crippen LogP contribution is -2.35. The summed E-state index contributed by atoms with van der Waals surface area (Å²) in [6.45, 7) is 7.01. The second-order valence-corrected chi connectivity index (χ2v) is 5.63. The molecule has 1 aliphatic rings. The molecule has 116 valence electrons. The van der Waals surface area contributed by atoms with E-state index >= 15 is 0 Å². The van der Waals surface area contributed by atoms with Crippen LogP contribution in [0.2, 0.25) is 0 Å². The molecule has 3 N–H and O–H groups in total. The summed E-state index contributed by atoms with van der Waals surface area (Å²) in [4.78, 5) is 16.8. The monoisotopic (exact) mass is 291 g/mol. The average Bonchev–Trinajstić information content (AvgIpc) is 2.73. The topological polar surface area (TPSA) is 69.8 Å². The Morgan fingerprint density at radius 1 is 1.29 bits per heavy atom. The number of nitrogens with zero attached hydrogens (tertiary/aromatic N) is 2. The van der Waals surface area contributed by atoms with Gasteiger partial charge >= 0.3 is 0 Å². The number of carbonyl (C=O) groups excluding carboxylic acids is 1. The second kappa shape index (κ2) is 7.43. The number of carbonyl (C=O) groups is 1. The van der Waals surface area contributed by atoms with Gasteiger partial charge in [-0.2, -0.15) is 0 Å². The van der Waals surface area contributed by atoms with Gasteiger partial charge in [0.05, 0.1) is 0 Å². The second-order valence-electron chi connectivity index (χ2n) is 5.63. The molecule has 1 heterocycles. The summed E-state index contributed by atoms with van der Waals surface area (Å²) in [6.07, 6.45) is 2.00. The van der Waals surface area contributed by atoms with Crippen LogP contribution in [0.15, 0.2) is 18.2 Å². The molecule has 0 saturated carbocycles. The van der Waals surface area contributed by atoms with Gasteiger partial charge in [-0.3, -0.25) is 4.79 Å². The smallest absolute Gasteiger partial charge is 0.253 e. The molecule has 1 saturated heterocycles. The molecule has 0 unspecified atom stereocenters. The van der Waals surface area contributed by atoms with Crippen LogP contribution in [-0.4, -0.2) is 60.1 Å². The zero-order chi connectivity index (χ0) is 15.2. The molecule has 0 bridgehead atoms. The van der Waals surface area contributed by atoms with E-state index in [9.17, 15) is 9.90 Å². The summed E-state index contributed by atoms with van der Waals surface area (Å²) in [5.74, 6) is 0.286. The summed E-state index contributed by atoms with van der Waals surface area (Å²) < 4.78 is 0. The first-order valence-electron chi connectivity index (χ1n) is 7.63. The van der Waals surface area contributed by atoms with E-state index < -0.39 is 0 Å². The van der Waals surface area contributed by atoms with Crippen LogP contribution < -0.4 is 5.73 Å². The maximum Gasteiger partial charge on any atom is 0.253 e. The molecule has 0 aliphatic carbocycles. The normalized spacial score (nSPS) is 16.8. The molecular weight excluding hydrogens is 266 g/mol. The molecule has 1 aromatic rings. The number of hydrogen-bond donors (Lipinski definition) is 2. The van der Waals surface area contributed by atoms with Gasteiger partial charge in [0.2, 0.25) is 0 Å². The van der Waals surface area contributed by atoms with Crippen molar-refractivity contribution in [3.63, 3.8) is 0 Å². The molecule has 0 spiro atoms. The zero-order valence-corrected chi connectivity index (χ0v) is 12.7. The Hall–Kier alpha value is -1.59. The summed E-state index contributed by atoms with van der Waals surface area (Å²) in [6, 6.07) is 5.05. The summed E-state index contributed by atoms with van der Waals surface area (Å²) in [5.41, 5.74) is 6.94. The molecule has 1 aliphatic heterocycles. The minimum Gasteiger partial charge on any atom is -0.508 e. The average molecular weight is 291 g/mol. The van der Waals surface area contributed by atoms with E-state index in [1.54, 1.807) is 18.2 Å². The number of aryl methyl sites for hydroxylation is 1. The van der Waals surface area contributed by atoms with Gasteiger partial charge in [0.25, 0.3) is 5.91 Å². The number of amides is 1. The summed E-state index contributed by atoms with van der Waals surface area (Å²) in [7, 11) is 0. The number of benzene rings is 1. The highest BCUT2D eigenvalue weighted by atomic mass is 16.3. The van der Waals surface area contributed by atoms with Crippen LogP contribution in [0.4, 0.5) is 0 Å². The summed E-state index contributed by atoms with van der Waals surface area (Å²) in [5, 5.41) is 9.56. The third-order valence-corrected chi connectivity index (χ3v) is 4.00. The largest absolute Gasteiger partial charge is 0.508 e. The predicted octanol–water partition coefficient (Wildman–Crippen LogP) is 1.20. The standard InChI is InChI=1S/C16H25N3O2/c1-13-12-14(4-5-15(13)20)16(21)19-9-3-8-18(10-11-19)7-2-6-17/h4-5,12,20H,2-3,6-11,17H2,1H3. The maximum absolute atomic E-state index is 12.5. The minimum absolute atomic E-state index is 0.0544. The molecule has 0 atom stereocenters. The molecule has 0 aromatic heterocycles. The fourth-order valence-corrected chi connectivity index (χ4v) is 2.68. The summed E-state index contributed by atoms with van der Waals surface area (Å²) >= 11 is 0. The third-order valence-electron chi connectivity index (χ3n) is 4.00. The fourth-order valence-electron chi connectivity index (χ4n) is 2.68. The first kappa shape index (κ1) is 15.8. The molecule has 0 radical (unpaired) electrons. The van der Waals surface area contributed by atoms with Gasteiger partial charge in [-0.15, -0.1) is 0 Å². The van der Waals surface area contributed by atoms with Gasteiger partial charge in [-0.05, 0) is 63.2 Å². The first-order chi connectivity index (χ1) is 10.1. The lowest BCUT2D eigenvalue weighted by Gasteiger charge is -2.22. The van der Waals surface area contributed by atoms with Crippen molar-refractivity contribution in [2.45, 2.75) is 19.8 Å². The molecule has 2 rings (SSSR count). The number of phenols is 1. The van der Waals surface area contributed by atoms with Gasteiger partial charge in [0.15, 0.2) is 0 Å². The minimum atomic E-state index is 0.0544. The number of aromatic hydroxyl groups is 1. The van der Waals surface area contributed by atoms with Crippen LogP contribution in [0, 0.1) is 6.92 Å². The molecule has 1 fully saturated rings. The lowest BCUT2D eigenvalue weighted by molar-refractivity contribution is 0.0761. The Bertz CT molecular complexity index is 490. The van der Waals surface area contributed by atoms with Crippen molar-refractivity contribution in [2.24, 2.45) is 5.73 Å². The predicted molar refractivity (Wildman–Crippen MR) is 83.5 cm³/mol. The first-order valence-corrected chi connectivity index (χ1v) is 7.63. The highest BCUT2D eigenvalue weighted by Crippen LogP contribution is 2.18. The van der Waals surface area contributed by atoms with Crippen molar-refractivity contribution >= 4 is 5.91 Å². The molecule has 1 aromatic carbocycles. The SMILES string of the molecule is Cc1cc(C(=O)N2CCCN(CCCN)CC2)ccc1O. The van der Waals surface area contributed by atoms with E-state index in [1.165, 1.54) is 0 Å². The van der Waals surface area contributed by atoms with E-state index in [-0.39, 0.29) is 11.7 Å². The van der Waals surface area contributed by atoms with Gasteiger partial charge in [-0.25, -0.2) is 0 Å². The Balaban J connectivity index is 1.98. The van der Waals surface area contributed by atoms with Crippen molar-refractivity contribution in [3.05, 3.63) is 29.3 Å². The van der Waals surface area contributed by atoms with Crippen LogP contribution in [0.3, 0.4) is 0 Å². The van der Waals surface area contributed by atoms with Gasteiger partial charge in [-0.1, -0.05) is 0 Å². The molecule has 5 heteroatoms. The number of phenolic OH excluding ortho intramolecular Hbond substituents is 1. The number of rotatable bonds is 4. The van der Waals surface area contributed by atoms with Gasteiger partial charge < -0.3 is 20.6 Å². The van der Waals surface area contributed by atoms with Crippen molar-refractivity contribution in [1.29, 1.82) is 0 Å². The molecular formula is C16H25N3O2. The van der Waals surface area contributed by atoms with E-state index in [0.717, 1.165) is 51.1 Å². The van der Waals surface area contributed by atoms with E-state index in [2.05, 4.69) is 4.90 Å². The van der Waals surface area contributed by atoms with Crippen molar-refractivity contribution in [2.75, 3.05) is 39.3 Å². The van der Waals surface area contributed by atoms with Gasteiger partial charge in [0, 0.05) is 25.2 Å². The van der Waals surface area contributed by atoms with Gasteiger partial charge in [0.1, 0.15) is 5.75 Å². The highest BCUT2D eigenvalue weighted by molar-refractivity contribution is 5.94. The number of nitrogens with two attached hydrogens (primary N) is 1. The highest BCUT2D eigenvalue weighted by Gasteiger charge is 2.20.